The average Bonchev–Trinajstić information content (AvgIpc) is 3.17. The number of hydrogen-bond donors (Lipinski definition) is 2. The van der Waals surface area contributed by atoms with Crippen LogP contribution in [0.25, 0.3) is 11.1 Å². The number of aliphatic hydroxyl groups excluding tert-OH is 1. The van der Waals surface area contributed by atoms with Crippen LogP contribution in [0.4, 0.5) is 0 Å². The second kappa shape index (κ2) is 23.0. The number of alkyl halides is 3. The Morgan fingerprint density at radius 3 is 1.91 bits per heavy atom. The summed E-state index contributed by atoms with van der Waals surface area (Å²) in [4.78, 5) is 14.7. The van der Waals surface area contributed by atoms with E-state index in [1.54, 1.807) is 0 Å². The normalized spacial score (nSPS) is 19.1. The highest BCUT2D eigenvalue weighted by atomic mass is 35.6. The molecule has 0 bridgehead atoms. The number of nitrogens with one attached hydrogen (secondary N) is 1. The van der Waals surface area contributed by atoms with E-state index in [0.717, 1.165) is 53.0 Å². The van der Waals surface area contributed by atoms with Crippen molar-refractivity contribution in [2.45, 2.75) is 133 Å². The van der Waals surface area contributed by atoms with Gasteiger partial charge >= 0.3 is 0 Å². The van der Waals surface area contributed by atoms with E-state index < -0.39 is 16.0 Å². The summed E-state index contributed by atoms with van der Waals surface area (Å²) in [5, 5.41) is 12.4. The molecule has 0 saturated carbocycles. The molecule has 2 N–H and O–H groups in total. The van der Waals surface area contributed by atoms with Gasteiger partial charge in [-0.05, 0) is 59.8 Å². The van der Waals surface area contributed by atoms with Crippen LogP contribution in [0, 0.1) is 5.92 Å². The predicted molar refractivity (Wildman–Crippen MR) is 220 cm³/mol. The molecule has 1 amide bonds. The van der Waals surface area contributed by atoms with E-state index in [4.69, 9.17) is 44.3 Å². The van der Waals surface area contributed by atoms with Crippen LogP contribution < -0.4 is 5.32 Å². The number of amides is 1. The molecule has 292 valence electrons. The minimum Gasteiger partial charge on any atom is -0.392 e. The fraction of sp³-hybridized carbons (Fsp3) is 0.568. The summed E-state index contributed by atoms with van der Waals surface area (Å²) >= 11 is 17.2. The number of halogens is 3. The molecule has 0 radical (unpaired) electrons. The summed E-state index contributed by atoms with van der Waals surface area (Å²) in [6, 6.07) is 24.4. The molecule has 0 spiro atoms. The minimum atomic E-state index is -2.00. The molecule has 1 heterocycles. The Kier molecular flexibility index (Phi) is 18.9. The summed E-state index contributed by atoms with van der Waals surface area (Å²) < 4.78 is 11.7. The van der Waals surface area contributed by atoms with Gasteiger partial charge < -0.3 is 24.8 Å². The molecule has 1 aliphatic heterocycles. The van der Waals surface area contributed by atoms with E-state index >= 15 is 0 Å². The zero-order chi connectivity index (χ0) is 38.1. The van der Waals surface area contributed by atoms with E-state index in [2.05, 4.69) is 67.4 Å². The first-order valence-corrected chi connectivity index (χ1v) is 21.0. The molecular formula is C44H61Cl3N2O4. The monoisotopic (exact) mass is 786 g/mol. The topological polar surface area (TPSA) is 71.0 Å². The molecule has 53 heavy (non-hydrogen) atoms. The second-order valence-electron chi connectivity index (χ2n) is 14.7. The van der Waals surface area contributed by atoms with Crippen molar-refractivity contribution in [1.29, 1.82) is 0 Å². The van der Waals surface area contributed by atoms with Crippen LogP contribution in [0.1, 0.15) is 132 Å². The SMILES string of the molecule is CCCCCCCCN(CCCCCCCC)C[C@@H]1O[C@H](c2ccc(-c3cccc(CNC(=O)C(Cl)(Cl)Cl)c3)cc2)O[C@H](c2ccc(CO)cc2)[C@@H]1C. The molecule has 0 aliphatic carbocycles. The number of rotatable bonds is 22. The van der Waals surface area contributed by atoms with Gasteiger partial charge in [0.15, 0.2) is 6.29 Å². The molecular weight excluding hydrogens is 727 g/mol. The first-order chi connectivity index (χ1) is 25.6. The fourth-order valence-corrected chi connectivity index (χ4v) is 7.28. The Balaban J connectivity index is 1.51. The lowest BCUT2D eigenvalue weighted by Crippen LogP contribution is -2.45. The van der Waals surface area contributed by atoms with Crippen LogP contribution in [-0.4, -0.2) is 45.4 Å². The van der Waals surface area contributed by atoms with Gasteiger partial charge in [-0.15, -0.1) is 0 Å². The number of ether oxygens (including phenoxy) is 2. The third-order valence-electron chi connectivity index (χ3n) is 10.4. The third-order valence-corrected chi connectivity index (χ3v) is 10.9. The molecule has 4 rings (SSSR count). The van der Waals surface area contributed by atoms with Crippen LogP contribution >= 0.6 is 34.8 Å². The fourth-order valence-electron chi connectivity index (χ4n) is 7.08. The highest BCUT2D eigenvalue weighted by molar-refractivity contribution is 6.76. The van der Waals surface area contributed by atoms with E-state index in [9.17, 15) is 9.90 Å². The van der Waals surface area contributed by atoms with Crippen LogP contribution in [0.2, 0.25) is 0 Å². The number of carbonyl (C=O) groups excluding carboxylic acids is 1. The van der Waals surface area contributed by atoms with Crippen LogP contribution in [0.15, 0.2) is 72.8 Å². The van der Waals surface area contributed by atoms with Gasteiger partial charge in [0.2, 0.25) is 0 Å². The standard InChI is InChI=1S/C44H61Cl3N2O4/c1-4-6-8-10-12-14-27-49(28-15-13-11-9-7-5-2)31-40-33(3)41(37-21-19-34(32-50)20-22-37)53-42(52-40)38-25-23-36(24-26-38)39-18-16-17-35(29-39)30-48-43(51)44(45,46)47/h16-26,29,33,40-42,50H,4-15,27-28,30-32H2,1-3H3,(H,48,51)/t33-,40+,41+,42+/m1/s1. The lowest BCUT2D eigenvalue weighted by Gasteiger charge is -2.43. The van der Waals surface area contributed by atoms with Crippen molar-refractivity contribution in [2.24, 2.45) is 5.92 Å². The van der Waals surface area contributed by atoms with Gasteiger partial charge in [0.1, 0.15) is 0 Å². The quantitative estimate of drug-likeness (QED) is 0.0784. The Morgan fingerprint density at radius 1 is 0.736 bits per heavy atom. The Morgan fingerprint density at radius 2 is 1.32 bits per heavy atom. The minimum absolute atomic E-state index is 0.0143. The van der Waals surface area contributed by atoms with Gasteiger partial charge in [-0.25, -0.2) is 0 Å². The number of hydrogen-bond acceptors (Lipinski definition) is 5. The maximum Gasteiger partial charge on any atom is 0.272 e. The van der Waals surface area contributed by atoms with Crippen molar-refractivity contribution < 1.29 is 19.4 Å². The number of unbranched alkanes of at least 4 members (excludes halogenated alkanes) is 10. The Labute approximate surface area is 333 Å². The van der Waals surface area contributed by atoms with E-state index in [1.807, 2.05) is 36.4 Å². The molecule has 0 aromatic heterocycles. The average molecular weight is 788 g/mol. The van der Waals surface area contributed by atoms with Gasteiger partial charge in [-0.1, -0.05) is 187 Å². The van der Waals surface area contributed by atoms with Crippen molar-refractivity contribution in [3.8, 4) is 11.1 Å². The van der Waals surface area contributed by atoms with Crippen LogP contribution in [0.3, 0.4) is 0 Å². The van der Waals surface area contributed by atoms with E-state index in [0.29, 0.717) is 0 Å². The number of aliphatic hydroxyl groups is 1. The predicted octanol–water partition coefficient (Wildman–Crippen LogP) is 11.6. The van der Waals surface area contributed by atoms with Crippen molar-refractivity contribution >= 4 is 40.7 Å². The van der Waals surface area contributed by atoms with Crippen molar-refractivity contribution in [2.75, 3.05) is 19.6 Å². The molecule has 3 aromatic rings. The summed E-state index contributed by atoms with van der Waals surface area (Å²) in [5.74, 6) is -0.528. The molecule has 9 heteroatoms. The first kappa shape index (κ1) is 43.6. The number of benzene rings is 3. The summed E-state index contributed by atoms with van der Waals surface area (Å²) in [7, 11) is 0. The lowest BCUT2D eigenvalue weighted by molar-refractivity contribution is -0.276. The second-order valence-corrected chi connectivity index (χ2v) is 16.9. The molecule has 6 nitrogen and oxygen atoms in total. The molecule has 0 unspecified atom stereocenters. The van der Waals surface area contributed by atoms with Gasteiger partial charge in [0, 0.05) is 24.6 Å². The van der Waals surface area contributed by atoms with Gasteiger partial charge in [-0.2, -0.15) is 0 Å². The number of nitrogens with zero attached hydrogens (tertiary/aromatic N) is 1. The largest absolute Gasteiger partial charge is 0.392 e. The summed E-state index contributed by atoms with van der Waals surface area (Å²) in [6.45, 7) is 10.1. The van der Waals surface area contributed by atoms with Gasteiger partial charge in [0.05, 0.1) is 18.8 Å². The molecule has 3 aromatic carbocycles. The van der Waals surface area contributed by atoms with Crippen LogP contribution in [0.5, 0.6) is 0 Å². The Bertz CT molecular complexity index is 1470. The zero-order valence-electron chi connectivity index (χ0n) is 32.0. The lowest BCUT2D eigenvalue weighted by atomic mass is 9.89. The third kappa shape index (κ3) is 14.5. The van der Waals surface area contributed by atoms with E-state index in [-0.39, 0.29) is 31.3 Å². The maximum atomic E-state index is 12.1. The number of carbonyl (C=O) groups is 1. The van der Waals surface area contributed by atoms with E-state index in [1.165, 1.54) is 77.0 Å². The maximum absolute atomic E-state index is 12.1. The Hall–Kier alpha value is -2.16. The van der Waals surface area contributed by atoms with Gasteiger partial charge in [-0.3, -0.25) is 4.79 Å². The van der Waals surface area contributed by atoms with Gasteiger partial charge in [0.25, 0.3) is 9.70 Å². The van der Waals surface area contributed by atoms with Crippen LogP contribution in [-0.2, 0) is 27.4 Å². The highest BCUT2D eigenvalue weighted by Crippen LogP contribution is 2.42. The smallest absolute Gasteiger partial charge is 0.272 e. The van der Waals surface area contributed by atoms with Crippen molar-refractivity contribution in [3.63, 3.8) is 0 Å². The van der Waals surface area contributed by atoms with Crippen molar-refractivity contribution in [1.82, 2.24) is 10.2 Å². The summed E-state index contributed by atoms with van der Waals surface area (Å²) in [6.07, 6.45) is 14.7. The summed E-state index contributed by atoms with van der Waals surface area (Å²) in [5.41, 5.74) is 5.89. The molecule has 1 saturated heterocycles. The van der Waals surface area contributed by atoms with Crippen molar-refractivity contribution in [3.05, 3.63) is 95.1 Å². The first-order valence-electron chi connectivity index (χ1n) is 19.9. The molecule has 1 aliphatic rings. The highest BCUT2D eigenvalue weighted by Gasteiger charge is 2.39. The zero-order valence-corrected chi connectivity index (χ0v) is 34.3. The molecule has 1 fully saturated rings. The molecule has 4 atom stereocenters.